The van der Waals surface area contributed by atoms with E-state index in [1.54, 1.807) is 0 Å². The van der Waals surface area contributed by atoms with Gasteiger partial charge in [0.15, 0.2) is 0 Å². The van der Waals surface area contributed by atoms with Crippen LogP contribution >= 0.6 is 0 Å². The van der Waals surface area contributed by atoms with Crippen molar-refractivity contribution >= 4 is 5.97 Å². The lowest BCUT2D eigenvalue weighted by Crippen LogP contribution is -2.35. The van der Waals surface area contributed by atoms with Gasteiger partial charge in [-0.3, -0.25) is 4.79 Å². The van der Waals surface area contributed by atoms with Crippen LogP contribution in [0.15, 0.2) is 24.3 Å². The molecule has 2 rings (SSSR count). The van der Waals surface area contributed by atoms with E-state index in [4.69, 9.17) is 5.11 Å². The molecule has 1 aromatic rings. The minimum Gasteiger partial charge on any atom is -0.481 e. The topological polar surface area (TPSA) is 49.3 Å². The predicted molar refractivity (Wildman–Crippen MR) is 80.7 cm³/mol. The van der Waals surface area contributed by atoms with Crippen LogP contribution in [-0.4, -0.2) is 17.1 Å². The molecule has 0 saturated heterocycles. The van der Waals surface area contributed by atoms with Crippen LogP contribution in [0, 0.1) is 5.41 Å². The van der Waals surface area contributed by atoms with E-state index in [0.29, 0.717) is 11.5 Å². The number of hydrogen-bond donors (Lipinski definition) is 2. The number of aliphatic carboxylic acids is 1. The van der Waals surface area contributed by atoms with E-state index in [1.807, 2.05) is 24.3 Å². The van der Waals surface area contributed by atoms with Crippen LogP contribution in [0.2, 0.25) is 0 Å². The molecule has 0 spiro atoms. The molecular weight excluding hydrogens is 250 g/mol. The Kier molecular flexibility index (Phi) is 4.81. The van der Waals surface area contributed by atoms with Gasteiger partial charge < -0.3 is 10.4 Å². The van der Waals surface area contributed by atoms with Crippen molar-refractivity contribution in [2.45, 2.75) is 58.5 Å². The highest BCUT2D eigenvalue weighted by atomic mass is 16.4. The molecule has 20 heavy (non-hydrogen) atoms. The lowest BCUT2D eigenvalue weighted by Gasteiger charge is -2.34. The Balaban J connectivity index is 1.78. The van der Waals surface area contributed by atoms with Gasteiger partial charge in [-0.2, -0.15) is 0 Å². The normalized spacial score (nSPS) is 18.9. The maximum Gasteiger partial charge on any atom is 0.307 e. The molecule has 0 heterocycles. The van der Waals surface area contributed by atoms with Crippen molar-refractivity contribution in [3.63, 3.8) is 0 Å². The Labute approximate surface area is 121 Å². The van der Waals surface area contributed by atoms with Crippen molar-refractivity contribution in [3.05, 3.63) is 35.4 Å². The summed E-state index contributed by atoms with van der Waals surface area (Å²) in [5.74, 6) is -0.777. The standard InChI is InChI=1S/C17H25NO2/c1-17(2)9-7-15(8-10-17)18-12-14-5-3-13(4-6-14)11-16(19)20/h3-6,15,18H,7-12H2,1-2H3,(H,19,20). The Hall–Kier alpha value is -1.35. The predicted octanol–water partition coefficient (Wildman–Crippen LogP) is 3.37. The van der Waals surface area contributed by atoms with E-state index >= 15 is 0 Å². The minimum atomic E-state index is -0.777. The molecule has 110 valence electrons. The van der Waals surface area contributed by atoms with Crippen LogP contribution in [0.1, 0.15) is 50.7 Å². The van der Waals surface area contributed by atoms with Crippen molar-refractivity contribution in [3.8, 4) is 0 Å². The van der Waals surface area contributed by atoms with Crippen molar-refractivity contribution in [1.82, 2.24) is 5.32 Å². The molecule has 3 heteroatoms. The van der Waals surface area contributed by atoms with Gasteiger partial charge in [-0.05, 0) is 42.2 Å². The van der Waals surface area contributed by atoms with Crippen LogP contribution in [0.25, 0.3) is 0 Å². The molecule has 1 aliphatic rings. The fraction of sp³-hybridized carbons (Fsp3) is 0.588. The van der Waals surface area contributed by atoms with Crippen molar-refractivity contribution in [2.24, 2.45) is 5.41 Å². The maximum atomic E-state index is 10.6. The first-order chi connectivity index (χ1) is 9.44. The molecule has 1 saturated carbocycles. The zero-order valence-corrected chi connectivity index (χ0v) is 12.5. The monoisotopic (exact) mass is 275 g/mol. The summed E-state index contributed by atoms with van der Waals surface area (Å²) >= 11 is 0. The van der Waals surface area contributed by atoms with Crippen LogP contribution in [-0.2, 0) is 17.8 Å². The van der Waals surface area contributed by atoms with Gasteiger partial charge in [0.2, 0.25) is 0 Å². The lowest BCUT2D eigenvalue weighted by atomic mass is 9.75. The Morgan fingerprint density at radius 2 is 1.75 bits per heavy atom. The number of nitrogens with one attached hydrogen (secondary N) is 1. The second-order valence-electron chi connectivity index (χ2n) is 6.71. The molecule has 0 atom stereocenters. The number of benzene rings is 1. The molecule has 0 aliphatic heterocycles. The van der Waals surface area contributed by atoms with Crippen LogP contribution in [0.3, 0.4) is 0 Å². The van der Waals surface area contributed by atoms with Crippen LogP contribution < -0.4 is 5.32 Å². The van der Waals surface area contributed by atoms with E-state index in [-0.39, 0.29) is 6.42 Å². The minimum absolute atomic E-state index is 0.103. The van der Waals surface area contributed by atoms with Gasteiger partial charge in [-0.15, -0.1) is 0 Å². The summed E-state index contributed by atoms with van der Waals surface area (Å²) in [4.78, 5) is 10.6. The summed E-state index contributed by atoms with van der Waals surface area (Å²) in [5.41, 5.74) is 2.60. The van der Waals surface area contributed by atoms with Crippen LogP contribution in [0.4, 0.5) is 0 Å². The second kappa shape index (κ2) is 6.40. The van der Waals surface area contributed by atoms with Crippen molar-refractivity contribution in [1.29, 1.82) is 0 Å². The Morgan fingerprint density at radius 3 is 2.30 bits per heavy atom. The number of rotatable bonds is 5. The van der Waals surface area contributed by atoms with E-state index in [1.165, 1.54) is 31.2 Å². The van der Waals surface area contributed by atoms with Gasteiger partial charge in [0, 0.05) is 12.6 Å². The van der Waals surface area contributed by atoms with Gasteiger partial charge in [0.1, 0.15) is 0 Å². The molecule has 0 unspecified atom stereocenters. The van der Waals surface area contributed by atoms with E-state index in [0.717, 1.165) is 12.1 Å². The average molecular weight is 275 g/mol. The summed E-state index contributed by atoms with van der Waals surface area (Å²) < 4.78 is 0. The second-order valence-corrected chi connectivity index (χ2v) is 6.71. The van der Waals surface area contributed by atoms with E-state index in [2.05, 4.69) is 19.2 Å². The molecule has 1 aliphatic carbocycles. The SMILES string of the molecule is CC1(C)CCC(NCc2ccc(CC(=O)O)cc2)CC1. The number of carbonyl (C=O) groups is 1. The van der Waals surface area contributed by atoms with Gasteiger partial charge in [0.05, 0.1) is 6.42 Å². The summed E-state index contributed by atoms with van der Waals surface area (Å²) in [7, 11) is 0. The maximum absolute atomic E-state index is 10.6. The zero-order valence-electron chi connectivity index (χ0n) is 12.5. The van der Waals surface area contributed by atoms with E-state index < -0.39 is 5.97 Å². The first-order valence-electron chi connectivity index (χ1n) is 7.48. The third kappa shape index (κ3) is 4.64. The van der Waals surface area contributed by atoms with Gasteiger partial charge in [-0.25, -0.2) is 0 Å². The quantitative estimate of drug-likeness (QED) is 0.866. The van der Waals surface area contributed by atoms with Gasteiger partial charge in [0.25, 0.3) is 0 Å². The molecular formula is C17H25NO2. The molecule has 0 radical (unpaired) electrons. The first-order valence-corrected chi connectivity index (χ1v) is 7.48. The third-order valence-electron chi connectivity index (χ3n) is 4.31. The number of carboxylic acid groups (broad SMARTS) is 1. The highest BCUT2D eigenvalue weighted by molar-refractivity contribution is 5.70. The highest BCUT2D eigenvalue weighted by Gasteiger charge is 2.26. The smallest absolute Gasteiger partial charge is 0.307 e. The molecule has 0 amide bonds. The largest absolute Gasteiger partial charge is 0.481 e. The van der Waals surface area contributed by atoms with E-state index in [9.17, 15) is 4.79 Å². The zero-order chi connectivity index (χ0) is 14.6. The van der Waals surface area contributed by atoms with Gasteiger partial charge >= 0.3 is 5.97 Å². The van der Waals surface area contributed by atoms with Gasteiger partial charge in [-0.1, -0.05) is 38.1 Å². The Morgan fingerprint density at radius 1 is 1.20 bits per heavy atom. The summed E-state index contributed by atoms with van der Waals surface area (Å²) in [6.07, 6.45) is 5.20. The third-order valence-corrected chi connectivity index (χ3v) is 4.31. The molecule has 0 bridgehead atoms. The van der Waals surface area contributed by atoms with Crippen LogP contribution in [0.5, 0.6) is 0 Å². The van der Waals surface area contributed by atoms with Crippen molar-refractivity contribution < 1.29 is 9.90 Å². The number of carboxylic acids is 1. The van der Waals surface area contributed by atoms with Crippen molar-refractivity contribution in [2.75, 3.05) is 0 Å². The molecule has 1 aromatic carbocycles. The summed E-state index contributed by atoms with van der Waals surface area (Å²) in [6.45, 7) is 5.58. The average Bonchev–Trinajstić information content (AvgIpc) is 2.38. The summed E-state index contributed by atoms with van der Waals surface area (Å²) in [6, 6.07) is 8.50. The molecule has 3 nitrogen and oxygen atoms in total. The lowest BCUT2D eigenvalue weighted by molar-refractivity contribution is -0.136. The fourth-order valence-corrected chi connectivity index (χ4v) is 2.82. The fourth-order valence-electron chi connectivity index (χ4n) is 2.82. The molecule has 0 aromatic heterocycles. The Bertz CT molecular complexity index is 441. The molecule has 1 fully saturated rings. The first kappa shape index (κ1) is 15.0. The number of hydrogen-bond acceptors (Lipinski definition) is 2. The molecule has 2 N–H and O–H groups in total. The highest BCUT2D eigenvalue weighted by Crippen LogP contribution is 2.35. The summed E-state index contributed by atoms with van der Waals surface area (Å²) in [5, 5.41) is 12.4.